The van der Waals surface area contributed by atoms with Crippen LogP contribution in [0.15, 0.2) is 12.5 Å². The van der Waals surface area contributed by atoms with Crippen molar-refractivity contribution in [2.45, 2.75) is 18.9 Å². The highest BCUT2D eigenvalue weighted by molar-refractivity contribution is 5.85. The molecule has 4 heteroatoms. The lowest BCUT2D eigenvalue weighted by molar-refractivity contribution is 0.0685. The summed E-state index contributed by atoms with van der Waals surface area (Å²) in [5.74, 6) is -0.894. The molecule has 0 radical (unpaired) electrons. The lowest BCUT2D eigenvalue weighted by atomic mass is 10.4. The lowest BCUT2D eigenvalue weighted by Gasteiger charge is -1.99. The fraction of sp³-hybridized carbons (Fsp3) is 0.429. The minimum absolute atomic E-state index is 0.299. The minimum atomic E-state index is -0.894. The van der Waals surface area contributed by atoms with Crippen LogP contribution in [0.25, 0.3) is 0 Å². The third kappa shape index (κ3) is 1.00. The number of hydrogen-bond acceptors (Lipinski definition) is 2. The average molecular weight is 152 g/mol. The van der Waals surface area contributed by atoms with Crippen molar-refractivity contribution in [3.63, 3.8) is 0 Å². The molecular weight excluding hydrogens is 144 g/mol. The molecule has 1 saturated carbocycles. The van der Waals surface area contributed by atoms with E-state index >= 15 is 0 Å². The molecule has 0 aliphatic heterocycles. The summed E-state index contributed by atoms with van der Waals surface area (Å²) in [7, 11) is 0. The van der Waals surface area contributed by atoms with Crippen LogP contribution in [-0.4, -0.2) is 20.6 Å². The quantitative estimate of drug-likeness (QED) is 0.685. The van der Waals surface area contributed by atoms with Crippen LogP contribution in [-0.2, 0) is 0 Å². The molecule has 0 aromatic carbocycles. The Morgan fingerprint density at radius 3 is 3.00 bits per heavy atom. The first-order chi connectivity index (χ1) is 5.29. The summed E-state index contributed by atoms with van der Waals surface area (Å²) in [5, 5.41) is 8.67. The molecule has 1 aliphatic rings. The van der Waals surface area contributed by atoms with Crippen molar-refractivity contribution < 1.29 is 9.90 Å². The second-order valence-electron chi connectivity index (χ2n) is 2.72. The summed E-state index contributed by atoms with van der Waals surface area (Å²) < 4.78 is 1.72. The van der Waals surface area contributed by atoms with Gasteiger partial charge in [-0.2, -0.15) is 0 Å². The Bertz CT molecular complexity index is 288. The summed E-state index contributed by atoms with van der Waals surface area (Å²) in [6.45, 7) is 0. The van der Waals surface area contributed by atoms with Gasteiger partial charge < -0.3 is 9.67 Å². The second-order valence-corrected chi connectivity index (χ2v) is 2.72. The number of imidazole rings is 1. The van der Waals surface area contributed by atoms with E-state index in [0.717, 1.165) is 12.8 Å². The van der Waals surface area contributed by atoms with E-state index in [-0.39, 0.29) is 0 Å². The molecule has 1 fully saturated rings. The Balaban J connectivity index is 2.37. The fourth-order valence-corrected chi connectivity index (χ4v) is 1.11. The molecule has 1 N–H and O–H groups in total. The molecule has 1 aromatic heterocycles. The van der Waals surface area contributed by atoms with E-state index in [1.54, 1.807) is 10.9 Å². The number of aromatic nitrogens is 2. The number of rotatable bonds is 2. The second kappa shape index (κ2) is 2.08. The predicted molar refractivity (Wildman–Crippen MR) is 37.5 cm³/mol. The normalized spacial score (nSPS) is 16.7. The van der Waals surface area contributed by atoms with Crippen molar-refractivity contribution in [1.29, 1.82) is 0 Å². The molecule has 0 atom stereocenters. The third-order valence-corrected chi connectivity index (χ3v) is 1.83. The van der Waals surface area contributed by atoms with Crippen LogP contribution in [0.4, 0.5) is 0 Å². The van der Waals surface area contributed by atoms with Crippen LogP contribution in [0.5, 0.6) is 0 Å². The first kappa shape index (κ1) is 6.39. The Kier molecular flexibility index (Phi) is 1.21. The van der Waals surface area contributed by atoms with Crippen LogP contribution in [0.3, 0.4) is 0 Å². The number of aromatic carboxylic acids is 1. The van der Waals surface area contributed by atoms with Crippen molar-refractivity contribution in [3.8, 4) is 0 Å². The third-order valence-electron chi connectivity index (χ3n) is 1.83. The van der Waals surface area contributed by atoms with Gasteiger partial charge in [0, 0.05) is 6.04 Å². The Labute approximate surface area is 63.5 Å². The summed E-state index contributed by atoms with van der Waals surface area (Å²) >= 11 is 0. The Morgan fingerprint density at radius 2 is 2.45 bits per heavy atom. The predicted octanol–water partition coefficient (Wildman–Crippen LogP) is 0.916. The molecular formula is C7H8N2O2. The molecule has 1 aliphatic carbocycles. The van der Waals surface area contributed by atoms with Gasteiger partial charge in [-0.1, -0.05) is 0 Å². The number of nitrogens with zero attached hydrogens (tertiary/aromatic N) is 2. The number of hydrogen-bond donors (Lipinski definition) is 1. The van der Waals surface area contributed by atoms with Crippen LogP contribution in [0.1, 0.15) is 29.4 Å². The van der Waals surface area contributed by atoms with Crippen molar-refractivity contribution in [2.75, 3.05) is 0 Å². The molecule has 1 aromatic rings. The van der Waals surface area contributed by atoms with E-state index in [2.05, 4.69) is 4.98 Å². The molecule has 0 saturated heterocycles. The van der Waals surface area contributed by atoms with Gasteiger partial charge >= 0.3 is 5.97 Å². The van der Waals surface area contributed by atoms with Gasteiger partial charge in [0.05, 0.1) is 12.5 Å². The summed E-state index contributed by atoms with van der Waals surface area (Å²) in [5.41, 5.74) is 0.299. The molecule has 0 unspecified atom stereocenters. The van der Waals surface area contributed by atoms with Gasteiger partial charge in [-0.15, -0.1) is 0 Å². The number of carboxylic acid groups (broad SMARTS) is 1. The van der Waals surface area contributed by atoms with Gasteiger partial charge in [-0.25, -0.2) is 9.78 Å². The monoisotopic (exact) mass is 152 g/mol. The standard InChI is InChI=1S/C7H8N2O2/c10-7(11)6-3-8-4-9(6)5-1-2-5/h3-5H,1-2H2,(H,10,11). The number of carboxylic acids is 1. The largest absolute Gasteiger partial charge is 0.477 e. The summed E-state index contributed by atoms with van der Waals surface area (Å²) in [4.78, 5) is 14.3. The van der Waals surface area contributed by atoms with E-state index in [1.807, 2.05) is 0 Å². The smallest absolute Gasteiger partial charge is 0.354 e. The van der Waals surface area contributed by atoms with E-state index < -0.39 is 5.97 Å². The zero-order chi connectivity index (χ0) is 7.84. The first-order valence-corrected chi connectivity index (χ1v) is 3.54. The zero-order valence-corrected chi connectivity index (χ0v) is 5.90. The Morgan fingerprint density at radius 1 is 1.73 bits per heavy atom. The molecule has 1 heterocycles. The van der Waals surface area contributed by atoms with E-state index in [9.17, 15) is 4.79 Å². The molecule has 0 amide bonds. The van der Waals surface area contributed by atoms with Crippen LogP contribution < -0.4 is 0 Å². The first-order valence-electron chi connectivity index (χ1n) is 3.54. The van der Waals surface area contributed by atoms with Gasteiger partial charge in [0.1, 0.15) is 5.69 Å². The number of carbonyl (C=O) groups is 1. The highest BCUT2D eigenvalue weighted by atomic mass is 16.4. The van der Waals surface area contributed by atoms with Gasteiger partial charge in [0.2, 0.25) is 0 Å². The topological polar surface area (TPSA) is 55.1 Å². The van der Waals surface area contributed by atoms with Crippen molar-refractivity contribution in [1.82, 2.24) is 9.55 Å². The van der Waals surface area contributed by atoms with E-state index in [0.29, 0.717) is 11.7 Å². The highest BCUT2D eigenvalue weighted by Gasteiger charge is 2.26. The lowest BCUT2D eigenvalue weighted by Crippen LogP contribution is -2.05. The summed E-state index contributed by atoms with van der Waals surface area (Å²) in [6, 6.07) is 0.392. The molecule has 4 nitrogen and oxygen atoms in total. The van der Waals surface area contributed by atoms with Gasteiger partial charge in [-0.3, -0.25) is 0 Å². The van der Waals surface area contributed by atoms with E-state index in [4.69, 9.17) is 5.11 Å². The minimum Gasteiger partial charge on any atom is -0.477 e. The Hall–Kier alpha value is -1.32. The van der Waals surface area contributed by atoms with Crippen molar-refractivity contribution in [2.24, 2.45) is 0 Å². The fourth-order valence-electron chi connectivity index (χ4n) is 1.11. The maximum Gasteiger partial charge on any atom is 0.354 e. The molecule has 11 heavy (non-hydrogen) atoms. The van der Waals surface area contributed by atoms with Gasteiger partial charge in [0.25, 0.3) is 0 Å². The van der Waals surface area contributed by atoms with Crippen LogP contribution >= 0.6 is 0 Å². The SMILES string of the molecule is O=C(O)c1cncn1C1CC1. The van der Waals surface area contributed by atoms with Gasteiger partial charge in [-0.05, 0) is 12.8 Å². The molecule has 0 spiro atoms. The molecule has 58 valence electrons. The maximum atomic E-state index is 10.6. The van der Waals surface area contributed by atoms with Gasteiger partial charge in [0.15, 0.2) is 0 Å². The highest BCUT2D eigenvalue weighted by Crippen LogP contribution is 2.35. The molecule has 2 rings (SSSR count). The van der Waals surface area contributed by atoms with Crippen LogP contribution in [0.2, 0.25) is 0 Å². The average Bonchev–Trinajstić information content (AvgIpc) is 2.68. The van der Waals surface area contributed by atoms with Crippen molar-refractivity contribution in [3.05, 3.63) is 18.2 Å². The maximum absolute atomic E-state index is 10.6. The van der Waals surface area contributed by atoms with E-state index in [1.165, 1.54) is 6.20 Å². The van der Waals surface area contributed by atoms with Crippen LogP contribution in [0, 0.1) is 0 Å². The summed E-state index contributed by atoms with van der Waals surface area (Å²) in [6.07, 6.45) is 5.13. The zero-order valence-electron chi connectivity index (χ0n) is 5.90. The molecule has 0 bridgehead atoms. The van der Waals surface area contributed by atoms with Crippen molar-refractivity contribution >= 4 is 5.97 Å².